The highest BCUT2D eigenvalue weighted by Crippen LogP contribution is 2.52. The van der Waals surface area contributed by atoms with E-state index in [1.165, 1.54) is 37.1 Å². The molecule has 2 fully saturated rings. The summed E-state index contributed by atoms with van der Waals surface area (Å²) in [4.78, 5) is 3.30. The molecule has 0 spiro atoms. The molecule has 0 unspecified atom stereocenters. The van der Waals surface area contributed by atoms with Gasteiger partial charge in [-0.25, -0.2) is 0 Å². The number of hydrogen-bond acceptors (Lipinski definition) is 1. The maximum atomic E-state index is 5.47. The Bertz CT molecular complexity index is 485. The average Bonchev–Trinajstić information content (AvgIpc) is 2.94. The van der Waals surface area contributed by atoms with Crippen molar-refractivity contribution in [3.8, 4) is 0 Å². The molecule has 2 nitrogen and oxygen atoms in total. The SMILES string of the molecule is Cc1[nH]c(=S)n([C@H](C)[C@H]2C[C@H]3CC[C@H]2C3)c1C. The number of nitrogens with zero attached hydrogens (tertiary/aromatic N) is 1. The van der Waals surface area contributed by atoms with Gasteiger partial charge in [-0.1, -0.05) is 6.42 Å². The summed E-state index contributed by atoms with van der Waals surface area (Å²) in [5.74, 6) is 2.84. The molecule has 2 aliphatic rings. The van der Waals surface area contributed by atoms with Crippen molar-refractivity contribution in [2.75, 3.05) is 0 Å². The Kier molecular flexibility index (Phi) is 2.69. The molecule has 1 aromatic heterocycles. The van der Waals surface area contributed by atoms with Gasteiger partial charge in [0, 0.05) is 17.4 Å². The summed E-state index contributed by atoms with van der Waals surface area (Å²) >= 11 is 5.47. The van der Waals surface area contributed by atoms with Crippen LogP contribution in [0.3, 0.4) is 0 Å². The van der Waals surface area contributed by atoms with Crippen molar-refractivity contribution in [2.45, 2.75) is 52.5 Å². The van der Waals surface area contributed by atoms with Gasteiger partial charge in [-0.3, -0.25) is 0 Å². The Labute approximate surface area is 108 Å². The van der Waals surface area contributed by atoms with Crippen molar-refractivity contribution < 1.29 is 0 Å². The van der Waals surface area contributed by atoms with Crippen molar-refractivity contribution in [2.24, 2.45) is 17.8 Å². The van der Waals surface area contributed by atoms with E-state index in [0.717, 1.165) is 22.5 Å². The van der Waals surface area contributed by atoms with Gasteiger partial charge in [0.25, 0.3) is 0 Å². The van der Waals surface area contributed by atoms with Crippen molar-refractivity contribution in [3.63, 3.8) is 0 Å². The highest BCUT2D eigenvalue weighted by atomic mass is 32.1. The number of fused-ring (bicyclic) bond motifs is 2. The first kappa shape index (κ1) is 11.5. The average molecular weight is 250 g/mol. The second-order valence-electron chi connectivity index (χ2n) is 6.09. The topological polar surface area (TPSA) is 20.7 Å². The van der Waals surface area contributed by atoms with E-state index in [1.807, 2.05) is 0 Å². The molecule has 0 saturated heterocycles. The van der Waals surface area contributed by atoms with Crippen LogP contribution in [0.5, 0.6) is 0 Å². The Morgan fingerprint density at radius 1 is 1.29 bits per heavy atom. The van der Waals surface area contributed by atoms with E-state index in [9.17, 15) is 0 Å². The highest BCUT2D eigenvalue weighted by Gasteiger charge is 2.42. The van der Waals surface area contributed by atoms with Gasteiger partial charge in [-0.2, -0.15) is 0 Å². The van der Waals surface area contributed by atoms with Crippen LogP contribution >= 0.6 is 12.2 Å². The Morgan fingerprint density at radius 2 is 2.06 bits per heavy atom. The normalized spacial score (nSPS) is 33.2. The lowest BCUT2D eigenvalue weighted by molar-refractivity contribution is 0.239. The van der Waals surface area contributed by atoms with Gasteiger partial charge in [0.05, 0.1) is 0 Å². The van der Waals surface area contributed by atoms with E-state index in [4.69, 9.17) is 12.2 Å². The van der Waals surface area contributed by atoms with Crippen LogP contribution in [0.2, 0.25) is 0 Å². The van der Waals surface area contributed by atoms with Gasteiger partial charge in [0.15, 0.2) is 4.77 Å². The van der Waals surface area contributed by atoms with E-state index < -0.39 is 0 Å². The molecule has 3 rings (SSSR count). The monoisotopic (exact) mass is 250 g/mol. The molecule has 0 aromatic carbocycles. The van der Waals surface area contributed by atoms with Crippen molar-refractivity contribution in [3.05, 3.63) is 16.2 Å². The predicted octanol–water partition coefficient (Wildman–Crippen LogP) is 4.16. The van der Waals surface area contributed by atoms with Crippen LogP contribution in [-0.2, 0) is 0 Å². The molecule has 2 saturated carbocycles. The summed E-state index contributed by atoms with van der Waals surface area (Å²) in [7, 11) is 0. The molecule has 2 bridgehead atoms. The number of aromatic amines is 1. The second kappa shape index (κ2) is 3.98. The third-order valence-corrected chi connectivity index (χ3v) is 5.54. The molecule has 4 atom stereocenters. The maximum absolute atomic E-state index is 5.47. The van der Waals surface area contributed by atoms with Gasteiger partial charge in [-0.05, 0) is 70.0 Å². The zero-order valence-electron chi connectivity index (χ0n) is 11.0. The van der Waals surface area contributed by atoms with Gasteiger partial charge in [-0.15, -0.1) is 0 Å². The van der Waals surface area contributed by atoms with E-state index in [-0.39, 0.29) is 0 Å². The van der Waals surface area contributed by atoms with Crippen LogP contribution in [0.15, 0.2) is 0 Å². The summed E-state index contributed by atoms with van der Waals surface area (Å²) in [5.41, 5.74) is 2.55. The minimum Gasteiger partial charge on any atom is -0.335 e. The molecule has 17 heavy (non-hydrogen) atoms. The first-order valence-corrected chi connectivity index (χ1v) is 7.26. The van der Waals surface area contributed by atoms with E-state index in [0.29, 0.717) is 6.04 Å². The minimum absolute atomic E-state index is 0.572. The molecule has 3 heteroatoms. The number of nitrogens with one attached hydrogen (secondary N) is 1. The van der Waals surface area contributed by atoms with Gasteiger partial charge >= 0.3 is 0 Å². The first-order chi connectivity index (χ1) is 8.08. The van der Waals surface area contributed by atoms with Crippen molar-refractivity contribution >= 4 is 12.2 Å². The third kappa shape index (κ3) is 1.70. The van der Waals surface area contributed by atoms with Gasteiger partial charge in [0.2, 0.25) is 0 Å². The quantitative estimate of drug-likeness (QED) is 0.782. The number of imidazole rings is 1. The van der Waals surface area contributed by atoms with Crippen LogP contribution < -0.4 is 0 Å². The van der Waals surface area contributed by atoms with E-state index >= 15 is 0 Å². The number of rotatable bonds is 2. The van der Waals surface area contributed by atoms with Crippen molar-refractivity contribution in [1.29, 1.82) is 0 Å². The van der Waals surface area contributed by atoms with Crippen molar-refractivity contribution in [1.82, 2.24) is 9.55 Å². The number of hydrogen-bond donors (Lipinski definition) is 1. The molecule has 94 valence electrons. The molecular weight excluding hydrogens is 228 g/mol. The lowest BCUT2D eigenvalue weighted by atomic mass is 9.84. The van der Waals surface area contributed by atoms with Crippen LogP contribution in [0, 0.1) is 36.4 Å². The fourth-order valence-corrected chi connectivity index (χ4v) is 4.67. The Hall–Kier alpha value is -0.570. The molecule has 0 amide bonds. The van der Waals surface area contributed by atoms with Gasteiger partial charge in [0.1, 0.15) is 0 Å². The molecule has 1 heterocycles. The summed E-state index contributed by atoms with van der Waals surface area (Å²) in [6.07, 6.45) is 5.84. The largest absolute Gasteiger partial charge is 0.335 e. The fraction of sp³-hybridized carbons (Fsp3) is 0.786. The Morgan fingerprint density at radius 3 is 2.53 bits per heavy atom. The molecule has 1 N–H and O–H groups in total. The highest BCUT2D eigenvalue weighted by molar-refractivity contribution is 7.71. The lowest BCUT2D eigenvalue weighted by Crippen LogP contribution is -2.22. The predicted molar refractivity (Wildman–Crippen MR) is 72.7 cm³/mol. The van der Waals surface area contributed by atoms with E-state index in [2.05, 4.69) is 30.3 Å². The summed E-state index contributed by atoms with van der Waals surface area (Å²) in [5, 5.41) is 0. The summed E-state index contributed by atoms with van der Waals surface area (Å²) < 4.78 is 3.27. The number of aromatic nitrogens is 2. The summed E-state index contributed by atoms with van der Waals surface area (Å²) in [6.45, 7) is 6.67. The Balaban J connectivity index is 1.91. The molecule has 0 aliphatic heterocycles. The molecule has 0 radical (unpaired) electrons. The zero-order chi connectivity index (χ0) is 12.2. The zero-order valence-corrected chi connectivity index (χ0v) is 11.8. The standard InChI is InChI=1S/C14H22N2S/c1-8-9(2)16(14(17)15-8)10(3)13-7-11-4-5-12(13)6-11/h10-13H,4-7H2,1-3H3,(H,15,17)/t10-,11+,12+,13-/m1/s1. The van der Waals surface area contributed by atoms with Gasteiger partial charge < -0.3 is 9.55 Å². The van der Waals surface area contributed by atoms with Crippen LogP contribution in [-0.4, -0.2) is 9.55 Å². The number of aryl methyl sites for hydroxylation is 1. The van der Waals surface area contributed by atoms with Crippen LogP contribution in [0.25, 0.3) is 0 Å². The summed E-state index contributed by atoms with van der Waals surface area (Å²) in [6, 6.07) is 0.572. The fourth-order valence-electron chi connectivity index (χ4n) is 4.21. The van der Waals surface area contributed by atoms with Crippen LogP contribution in [0.4, 0.5) is 0 Å². The first-order valence-electron chi connectivity index (χ1n) is 6.85. The number of H-pyrrole nitrogens is 1. The molecule has 2 aliphatic carbocycles. The molecule has 1 aromatic rings. The maximum Gasteiger partial charge on any atom is 0.177 e. The lowest BCUT2D eigenvalue weighted by Gasteiger charge is -2.29. The van der Waals surface area contributed by atoms with E-state index in [1.54, 1.807) is 0 Å². The smallest absolute Gasteiger partial charge is 0.177 e. The van der Waals surface area contributed by atoms with Crippen LogP contribution in [0.1, 0.15) is 50.0 Å². The third-order valence-electron chi connectivity index (χ3n) is 5.24. The molecular formula is C14H22N2S. The minimum atomic E-state index is 0.572. The second-order valence-corrected chi connectivity index (χ2v) is 6.48.